The number of hydrogen-bond donors (Lipinski definition) is 3. The van der Waals surface area contributed by atoms with Crippen LogP contribution in [0, 0.1) is 6.92 Å². The summed E-state index contributed by atoms with van der Waals surface area (Å²) < 4.78 is 0. The van der Waals surface area contributed by atoms with E-state index in [1.807, 2.05) is 37.3 Å². The molecule has 1 aliphatic heterocycles. The van der Waals surface area contributed by atoms with Crippen LogP contribution in [-0.4, -0.2) is 38.0 Å². The largest absolute Gasteiger partial charge is 0.325 e. The summed E-state index contributed by atoms with van der Waals surface area (Å²) in [5.41, 5.74) is 5.21. The molecule has 4 aromatic rings. The van der Waals surface area contributed by atoms with Crippen LogP contribution < -0.4 is 16.0 Å². The van der Waals surface area contributed by atoms with Crippen LogP contribution in [0.5, 0.6) is 0 Å². The van der Waals surface area contributed by atoms with Gasteiger partial charge in [-0.2, -0.15) is 4.98 Å². The second-order valence-corrected chi connectivity index (χ2v) is 7.71. The van der Waals surface area contributed by atoms with Gasteiger partial charge in [0.15, 0.2) is 5.82 Å². The van der Waals surface area contributed by atoms with Gasteiger partial charge in [0, 0.05) is 30.3 Å². The van der Waals surface area contributed by atoms with Crippen molar-refractivity contribution in [1.82, 2.24) is 30.2 Å². The molecule has 3 aromatic heterocycles. The SMILES string of the molecule is Cc1cccc(-c2nccc(Nc3ccnc(Nc4ccc(C5=CCNCC5)cc4)n3)n2)n1. The van der Waals surface area contributed by atoms with Crippen molar-refractivity contribution in [3.8, 4) is 11.5 Å². The molecule has 0 radical (unpaired) electrons. The average molecular weight is 437 g/mol. The van der Waals surface area contributed by atoms with Crippen molar-refractivity contribution < 1.29 is 0 Å². The van der Waals surface area contributed by atoms with Gasteiger partial charge in [-0.15, -0.1) is 0 Å². The number of pyridine rings is 1. The lowest BCUT2D eigenvalue weighted by Crippen LogP contribution is -2.19. The van der Waals surface area contributed by atoms with E-state index >= 15 is 0 Å². The summed E-state index contributed by atoms with van der Waals surface area (Å²) in [6.07, 6.45) is 6.70. The number of hydrogen-bond acceptors (Lipinski definition) is 8. The Morgan fingerprint density at radius 2 is 1.64 bits per heavy atom. The highest BCUT2D eigenvalue weighted by Crippen LogP contribution is 2.23. The van der Waals surface area contributed by atoms with Crippen molar-refractivity contribution in [2.45, 2.75) is 13.3 Å². The highest BCUT2D eigenvalue weighted by Gasteiger charge is 2.08. The van der Waals surface area contributed by atoms with E-state index in [0.29, 0.717) is 23.4 Å². The summed E-state index contributed by atoms with van der Waals surface area (Å²) >= 11 is 0. The Morgan fingerprint density at radius 3 is 2.42 bits per heavy atom. The molecule has 3 N–H and O–H groups in total. The lowest BCUT2D eigenvalue weighted by atomic mass is 10.0. The van der Waals surface area contributed by atoms with Gasteiger partial charge in [-0.1, -0.05) is 24.3 Å². The van der Waals surface area contributed by atoms with Crippen molar-refractivity contribution in [3.63, 3.8) is 0 Å². The van der Waals surface area contributed by atoms with Crippen molar-refractivity contribution >= 4 is 28.8 Å². The summed E-state index contributed by atoms with van der Waals surface area (Å²) in [5, 5.41) is 9.83. The average Bonchev–Trinajstić information content (AvgIpc) is 2.85. The predicted molar refractivity (Wildman–Crippen MR) is 131 cm³/mol. The maximum Gasteiger partial charge on any atom is 0.229 e. The molecule has 0 saturated heterocycles. The number of rotatable bonds is 6. The van der Waals surface area contributed by atoms with Gasteiger partial charge in [0.1, 0.15) is 17.3 Å². The Labute approximate surface area is 192 Å². The number of aromatic nitrogens is 5. The fourth-order valence-electron chi connectivity index (χ4n) is 3.62. The minimum absolute atomic E-state index is 0.503. The summed E-state index contributed by atoms with van der Waals surface area (Å²) in [6.45, 7) is 3.90. The fourth-order valence-corrected chi connectivity index (χ4v) is 3.62. The third kappa shape index (κ3) is 5.19. The van der Waals surface area contributed by atoms with Crippen LogP contribution >= 0.6 is 0 Å². The predicted octanol–water partition coefficient (Wildman–Crippen LogP) is 4.50. The van der Waals surface area contributed by atoms with Crippen LogP contribution in [0.1, 0.15) is 17.7 Å². The van der Waals surface area contributed by atoms with Gasteiger partial charge in [-0.3, -0.25) is 0 Å². The van der Waals surface area contributed by atoms with Crippen LogP contribution in [0.4, 0.5) is 23.3 Å². The summed E-state index contributed by atoms with van der Waals surface area (Å²) in [6, 6.07) is 17.7. The van der Waals surface area contributed by atoms with Gasteiger partial charge >= 0.3 is 0 Å². The molecule has 0 unspecified atom stereocenters. The second kappa shape index (κ2) is 9.54. The maximum absolute atomic E-state index is 4.57. The zero-order valence-corrected chi connectivity index (χ0v) is 18.3. The van der Waals surface area contributed by atoms with Crippen molar-refractivity contribution in [2.75, 3.05) is 23.7 Å². The highest BCUT2D eigenvalue weighted by molar-refractivity contribution is 5.69. The van der Waals surface area contributed by atoms with E-state index < -0.39 is 0 Å². The molecule has 0 atom stereocenters. The van der Waals surface area contributed by atoms with E-state index in [0.717, 1.165) is 36.6 Å². The van der Waals surface area contributed by atoms with Crippen molar-refractivity contribution in [3.05, 3.63) is 84.3 Å². The molecule has 4 heterocycles. The lowest BCUT2D eigenvalue weighted by Gasteiger charge is -2.14. The Balaban J connectivity index is 1.29. The highest BCUT2D eigenvalue weighted by atomic mass is 15.2. The molecule has 1 aliphatic rings. The van der Waals surface area contributed by atoms with Gasteiger partial charge < -0.3 is 16.0 Å². The van der Waals surface area contributed by atoms with Crippen molar-refractivity contribution in [2.24, 2.45) is 0 Å². The molecular formula is C25H24N8. The Hall–Kier alpha value is -4.17. The molecule has 1 aromatic carbocycles. The summed E-state index contributed by atoms with van der Waals surface area (Å²) in [4.78, 5) is 22.3. The molecule has 8 nitrogen and oxygen atoms in total. The van der Waals surface area contributed by atoms with Gasteiger partial charge in [-0.05, 0) is 67.4 Å². The summed E-state index contributed by atoms with van der Waals surface area (Å²) in [5.74, 6) is 2.32. The first-order chi connectivity index (χ1) is 16.2. The lowest BCUT2D eigenvalue weighted by molar-refractivity contribution is 0.738. The normalized spacial score (nSPS) is 13.3. The number of benzene rings is 1. The van der Waals surface area contributed by atoms with E-state index in [4.69, 9.17) is 0 Å². The zero-order valence-electron chi connectivity index (χ0n) is 18.3. The first kappa shape index (κ1) is 20.7. The van der Waals surface area contributed by atoms with Crippen molar-refractivity contribution in [1.29, 1.82) is 0 Å². The minimum Gasteiger partial charge on any atom is -0.325 e. The molecule has 0 fully saturated rings. The number of nitrogens with one attached hydrogen (secondary N) is 3. The molecular weight excluding hydrogens is 412 g/mol. The van der Waals surface area contributed by atoms with E-state index in [-0.39, 0.29) is 0 Å². The quantitative estimate of drug-likeness (QED) is 0.406. The number of anilines is 4. The molecule has 0 aliphatic carbocycles. The monoisotopic (exact) mass is 436 g/mol. The van der Waals surface area contributed by atoms with Gasteiger partial charge in [0.2, 0.25) is 5.95 Å². The second-order valence-electron chi connectivity index (χ2n) is 7.71. The standard InChI is InChI=1S/C25H24N8/c1-17-3-2-4-21(29-17)24-27-15-11-22(32-24)31-23-12-16-28-25(33-23)30-20-7-5-18(6-8-20)19-9-13-26-14-10-19/h2-9,11-12,15-16,26H,10,13-14H2,1H3,(H2,27,28,30,31,32,33). The smallest absolute Gasteiger partial charge is 0.229 e. The molecule has 0 bridgehead atoms. The fraction of sp³-hybridized carbons (Fsp3) is 0.160. The van der Waals surface area contributed by atoms with Crippen LogP contribution in [0.25, 0.3) is 17.1 Å². The van der Waals surface area contributed by atoms with Crippen LogP contribution in [0.3, 0.4) is 0 Å². The molecule has 164 valence electrons. The van der Waals surface area contributed by atoms with Gasteiger partial charge in [0.25, 0.3) is 0 Å². The van der Waals surface area contributed by atoms with Gasteiger partial charge in [-0.25, -0.2) is 19.9 Å². The maximum atomic E-state index is 4.57. The molecule has 8 heteroatoms. The van der Waals surface area contributed by atoms with Crippen LogP contribution in [0.2, 0.25) is 0 Å². The molecule has 0 saturated carbocycles. The molecule has 5 rings (SSSR count). The summed E-state index contributed by atoms with van der Waals surface area (Å²) in [7, 11) is 0. The molecule has 0 spiro atoms. The number of nitrogens with zero attached hydrogens (tertiary/aromatic N) is 5. The minimum atomic E-state index is 0.503. The molecule has 0 amide bonds. The zero-order chi connectivity index (χ0) is 22.5. The van der Waals surface area contributed by atoms with Crippen LogP contribution in [-0.2, 0) is 0 Å². The Bertz CT molecular complexity index is 1280. The topological polar surface area (TPSA) is 101 Å². The Morgan fingerprint density at radius 1 is 0.818 bits per heavy atom. The van der Waals surface area contributed by atoms with Crippen LogP contribution in [0.15, 0.2) is 73.1 Å². The Kier molecular flexibility index (Phi) is 5.99. The first-order valence-corrected chi connectivity index (χ1v) is 10.9. The first-order valence-electron chi connectivity index (χ1n) is 10.9. The van der Waals surface area contributed by atoms with E-state index in [2.05, 4.69) is 59.1 Å². The molecule has 33 heavy (non-hydrogen) atoms. The van der Waals surface area contributed by atoms with Gasteiger partial charge in [0.05, 0.1) is 0 Å². The third-order valence-electron chi connectivity index (χ3n) is 5.26. The van der Waals surface area contributed by atoms with E-state index in [1.54, 1.807) is 24.5 Å². The van der Waals surface area contributed by atoms with E-state index in [1.165, 1.54) is 11.1 Å². The van der Waals surface area contributed by atoms with E-state index in [9.17, 15) is 0 Å². The number of aryl methyl sites for hydroxylation is 1. The third-order valence-corrected chi connectivity index (χ3v) is 5.26.